The van der Waals surface area contributed by atoms with E-state index < -0.39 is 5.54 Å². The molecule has 108 valence electrons. The van der Waals surface area contributed by atoms with Crippen molar-refractivity contribution in [2.24, 2.45) is 5.73 Å². The first-order valence-electron chi connectivity index (χ1n) is 6.92. The summed E-state index contributed by atoms with van der Waals surface area (Å²) in [7, 11) is 0. The molecule has 2 rings (SSSR count). The summed E-state index contributed by atoms with van der Waals surface area (Å²) in [5, 5.41) is 0. The summed E-state index contributed by atoms with van der Waals surface area (Å²) in [6.45, 7) is 0. The summed E-state index contributed by atoms with van der Waals surface area (Å²) >= 11 is 0. The van der Waals surface area contributed by atoms with Crippen LogP contribution in [-0.4, -0.2) is 5.54 Å². The predicted molar refractivity (Wildman–Crippen MR) is 89.5 cm³/mol. The van der Waals surface area contributed by atoms with Crippen molar-refractivity contribution in [3.8, 4) is 12.3 Å². The summed E-state index contributed by atoms with van der Waals surface area (Å²) in [4.78, 5) is 0. The average Bonchev–Trinajstić information content (AvgIpc) is 2.44. The number of rotatable bonds is 5. The normalized spacial score (nSPS) is 11.0. The molecule has 0 unspecified atom stereocenters. The fraction of sp³-hybridized carbons (Fsp3) is 0.222. The monoisotopic (exact) mass is 279 g/mol. The highest BCUT2D eigenvalue weighted by Crippen LogP contribution is 2.21. The van der Waals surface area contributed by atoms with Gasteiger partial charge in [0.15, 0.2) is 0 Å². The van der Waals surface area contributed by atoms with Crippen LogP contribution >= 0.6 is 0 Å². The Morgan fingerprint density at radius 1 is 0.810 bits per heavy atom. The second kappa shape index (κ2) is 6.34. The van der Waals surface area contributed by atoms with Gasteiger partial charge in [0.1, 0.15) is 0 Å². The number of benzene rings is 2. The molecule has 0 bridgehead atoms. The lowest BCUT2D eigenvalue weighted by Crippen LogP contribution is -2.44. The van der Waals surface area contributed by atoms with E-state index in [-0.39, 0.29) is 0 Å². The molecule has 0 heterocycles. The van der Waals surface area contributed by atoms with Crippen molar-refractivity contribution in [1.82, 2.24) is 0 Å². The molecule has 0 aliphatic heterocycles. The van der Waals surface area contributed by atoms with Crippen LogP contribution in [0.4, 0.5) is 11.4 Å². The lowest BCUT2D eigenvalue weighted by Gasteiger charge is -2.28. The summed E-state index contributed by atoms with van der Waals surface area (Å²) < 4.78 is 0. The van der Waals surface area contributed by atoms with Gasteiger partial charge in [-0.05, 0) is 48.2 Å². The zero-order valence-corrected chi connectivity index (χ0v) is 12.0. The van der Waals surface area contributed by atoms with Gasteiger partial charge in [0, 0.05) is 23.3 Å². The Bertz CT molecular complexity index is 574. The van der Waals surface area contributed by atoms with E-state index in [0.717, 1.165) is 22.5 Å². The molecule has 2 aromatic carbocycles. The number of hydrogen-bond acceptors (Lipinski definition) is 3. The van der Waals surface area contributed by atoms with Crippen molar-refractivity contribution in [1.29, 1.82) is 0 Å². The van der Waals surface area contributed by atoms with Crippen LogP contribution in [0.5, 0.6) is 0 Å². The smallest absolute Gasteiger partial charge is 0.0346 e. The first-order valence-corrected chi connectivity index (χ1v) is 6.92. The summed E-state index contributed by atoms with van der Waals surface area (Å²) in [6.07, 6.45) is 7.44. The molecule has 0 atom stereocenters. The van der Waals surface area contributed by atoms with Gasteiger partial charge in [-0.3, -0.25) is 0 Å². The van der Waals surface area contributed by atoms with E-state index in [1.807, 2.05) is 48.5 Å². The minimum Gasteiger partial charge on any atom is -0.399 e. The average molecular weight is 279 g/mol. The van der Waals surface area contributed by atoms with Gasteiger partial charge >= 0.3 is 0 Å². The van der Waals surface area contributed by atoms with E-state index in [1.54, 1.807) is 0 Å². The third kappa shape index (κ3) is 4.27. The minimum atomic E-state index is -0.471. The summed E-state index contributed by atoms with van der Waals surface area (Å²) in [5.41, 5.74) is 21.3. The zero-order valence-electron chi connectivity index (χ0n) is 12.0. The molecule has 0 radical (unpaired) electrons. The predicted octanol–water partition coefficient (Wildman–Crippen LogP) is 2.36. The molecular weight excluding hydrogens is 258 g/mol. The molecule has 0 saturated heterocycles. The number of nitrogen functional groups attached to an aromatic ring is 2. The van der Waals surface area contributed by atoms with Gasteiger partial charge < -0.3 is 17.2 Å². The Morgan fingerprint density at radius 2 is 1.19 bits per heavy atom. The van der Waals surface area contributed by atoms with Gasteiger partial charge in [0.05, 0.1) is 0 Å². The van der Waals surface area contributed by atoms with E-state index in [1.165, 1.54) is 0 Å². The zero-order chi connectivity index (χ0) is 15.3. The van der Waals surface area contributed by atoms with Crippen LogP contribution in [0.3, 0.4) is 0 Å². The molecule has 0 amide bonds. The SMILES string of the molecule is C#CCC(N)(Cc1ccc(N)cc1)Cc1ccc(N)cc1. The number of anilines is 2. The van der Waals surface area contributed by atoms with Gasteiger partial charge in [0.25, 0.3) is 0 Å². The molecule has 3 heteroatoms. The standard InChI is InChI=1S/C18H21N3/c1-2-11-18(21,12-14-3-7-16(19)8-4-14)13-15-5-9-17(20)10-6-15/h1,3-10H,11-13,19-21H2. The van der Waals surface area contributed by atoms with Crippen molar-refractivity contribution in [3.63, 3.8) is 0 Å². The molecule has 0 aromatic heterocycles. The third-order valence-corrected chi connectivity index (χ3v) is 3.53. The van der Waals surface area contributed by atoms with Crippen molar-refractivity contribution in [2.75, 3.05) is 11.5 Å². The van der Waals surface area contributed by atoms with Crippen LogP contribution in [0.2, 0.25) is 0 Å². The van der Waals surface area contributed by atoms with Gasteiger partial charge in [0.2, 0.25) is 0 Å². The molecule has 0 aliphatic rings. The maximum atomic E-state index is 6.54. The molecule has 0 fully saturated rings. The topological polar surface area (TPSA) is 78.1 Å². The van der Waals surface area contributed by atoms with E-state index in [0.29, 0.717) is 19.3 Å². The van der Waals surface area contributed by atoms with Crippen LogP contribution in [0.25, 0.3) is 0 Å². The fourth-order valence-corrected chi connectivity index (χ4v) is 2.47. The quantitative estimate of drug-likeness (QED) is 0.581. The Morgan fingerprint density at radius 3 is 1.52 bits per heavy atom. The van der Waals surface area contributed by atoms with Gasteiger partial charge in [-0.2, -0.15) is 0 Å². The molecule has 21 heavy (non-hydrogen) atoms. The molecule has 2 aromatic rings. The van der Waals surface area contributed by atoms with Gasteiger partial charge in [-0.15, -0.1) is 12.3 Å². The molecule has 3 nitrogen and oxygen atoms in total. The van der Waals surface area contributed by atoms with E-state index in [2.05, 4.69) is 5.92 Å². The van der Waals surface area contributed by atoms with Crippen LogP contribution < -0.4 is 17.2 Å². The molecule has 6 N–H and O–H groups in total. The second-order valence-electron chi connectivity index (χ2n) is 5.58. The van der Waals surface area contributed by atoms with Crippen LogP contribution in [0.15, 0.2) is 48.5 Å². The first kappa shape index (κ1) is 15.0. The Labute approximate surface area is 126 Å². The lowest BCUT2D eigenvalue weighted by molar-refractivity contribution is 0.429. The van der Waals surface area contributed by atoms with Crippen molar-refractivity contribution < 1.29 is 0 Å². The molecule has 0 spiro atoms. The van der Waals surface area contributed by atoms with Crippen LogP contribution in [0, 0.1) is 12.3 Å². The highest BCUT2D eigenvalue weighted by Gasteiger charge is 2.25. The molecular formula is C18H21N3. The summed E-state index contributed by atoms with van der Waals surface area (Å²) in [5.74, 6) is 2.70. The number of hydrogen-bond donors (Lipinski definition) is 3. The van der Waals surface area contributed by atoms with Crippen molar-refractivity contribution in [2.45, 2.75) is 24.8 Å². The summed E-state index contributed by atoms with van der Waals surface area (Å²) in [6, 6.07) is 15.5. The van der Waals surface area contributed by atoms with E-state index in [4.69, 9.17) is 23.6 Å². The first-order chi connectivity index (χ1) is 10.0. The minimum absolute atomic E-state index is 0.471. The van der Waals surface area contributed by atoms with E-state index in [9.17, 15) is 0 Å². The third-order valence-electron chi connectivity index (χ3n) is 3.53. The Hall–Kier alpha value is -2.44. The Kier molecular flexibility index (Phi) is 4.52. The largest absolute Gasteiger partial charge is 0.399 e. The fourth-order valence-electron chi connectivity index (χ4n) is 2.47. The Balaban J connectivity index is 2.17. The highest BCUT2D eigenvalue weighted by molar-refractivity contribution is 5.41. The lowest BCUT2D eigenvalue weighted by atomic mass is 9.83. The molecule has 0 aliphatic carbocycles. The van der Waals surface area contributed by atoms with Crippen LogP contribution in [-0.2, 0) is 12.8 Å². The molecule has 0 saturated carbocycles. The van der Waals surface area contributed by atoms with Crippen molar-refractivity contribution >= 4 is 11.4 Å². The van der Waals surface area contributed by atoms with Crippen LogP contribution in [0.1, 0.15) is 17.5 Å². The van der Waals surface area contributed by atoms with Gasteiger partial charge in [-0.25, -0.2) is 0 Å². The van der Waals surface area contributed by atoms with Crippen molar-refractivity contribution in [3.05, 3.63) is 59.7 Å². The maximum Gasteiger partial charge on any atom is 0.0346 e. The van der Waals surface area contributed by atoms with E-state index >= 15 is 0 Å². The second-order valence-corrected chi connectivity index (χ2v) is 5.58. The van der Waals surface area contributed by atoms with Gasteiger partial charge in [-0.1, -0.05) is 24.3 Å². The highest BCUT2D eigenvalue weighted by atomic mass is 14.7. The number of nitrogens with two attached hydrogens (primary N) is 3. The maximum absolute atomic E-state index is 6.54. The number of terminal acetylenes is 1.